The third kappa shape index (κ3) is 2.05. The summed E-state index contributed by atoms with van der Waals surface area (Å²) < 4.78 is 6.16. The van der Waals surface area contributed by atoms with E-state index in [1.807, 2.05) is 0 Å². The minimum atomic E-state index is 0.148. The molecule has 1 aromatic carbocycles. The normalized spacial score (nSPS) is 10.6. The third-order valence-corrected chi connectivity index (χ3v) is 3.00. The van der Waals surface area contributed by atoms with Crippen molar-refractivity contribution in [3.05, 3.63) is 26.9 Å². The van der Waals surface area contributed by atoms with Gasteiger partial charge in [0, 0.05) is 5.56 Å². The molecule has 0 aliphatic heterocycles. The zero-order chi connectivity index (χ0) is 11.0. The monoisotopic (exact) mass is 332 g/mol. The number of halogens is 2. The predicted molar refractivity (Wildman–Crippen MR) is 61.5 cm³/mol. The molecule has 0 aliphatic carbocycles. The molecule has 1 aromatic heterocycles. The Morgan fingerprint density at radius 1 is 1.27 bits per heavy atom. The summed E-state index contributed by atoms with van der Waals surface area (Å²) in [5.74, 6) is 1.15. The Balaban J connectivity index is 2.55. The zero-order valence-electron chi connectivity index (χ0n) is 7.66. The van der Waals surface area contributed by atoms with Crippen LogP contribution in [0.4, 0.5) is 0 Å². The molecule has 2 aromatic rings. The fourth-order valence-electron chi connectivity index (χ4n) is 1.10. The maximum Gasteiger partial charge on any atom is 0.257 e. The van der Waals surface area contributed by atoms with Crippen LogP contribution in [-0.4, -0.2) is 15.2 Å². The van der Waals surface area contributed by atoms with E-state index in [4.69, 9.17) is 4.52 Å². The van der Waals surface area contributed by atoms with Crippen LogP contribution in [0.25, 0.3) is 11.5 Å². The van der Waals surface area contributed by atoms with Crippen molar-refractivity contribution >= 4 is 31.9 Å². The van der Waals surface area contributed by atoms with Gasteiger partial charge in [0.15, 0.2) is 5.82 Å². The smallest absolute Gasteiger partial charge is 0.257 e. The molecule has 0 spiro atoms. The van der Waals surface area contributed by atoms with E-state index >= 15 is 0 Å². The van der Waals surface area contributed by atoms with Crippen molar-refractivity contribution in [2.45, 2.75) is 6.92 Å². The lowest BCUT2D eigenvalue weighted by atomic mass is 10.2. The van der Waals surface area contributed by atoms with Crippen molar-refractivity contribution in [3.63, 3.8) is 0 Å². The molecule has 0 aliphatic rings. The van der Waals surface area contributed by atoms with E-state index in [9.17, 15) is 5.11 Å². The molecule has 15 heavy (non-hydrogen) atoms. The number of hydrogen-bond acceptors (Lipinski definition) is 4. The molecule has 0 saturated heterocycles. The van der Waals surface area contributed by atoms with E-state index in [-0.39, 0.29) is 5.75 Å². The highest BCUT2D eigenvalue weighted by Crippen LogP contribution is 2.36. The summed E-state index contributed by atoms with van der Waals surface area (Å²) in [6.45, 7) is 1.75. The number of aromatic nitrogens is 2. The van der Waals surface area contributed by atoms with E-state index in [0.29, 0.717) is 20.7 Å². The predicted octanol–water partition coefficient (Wildman–Crippen LogP) is 3.28. The van der Waals surface area contributed by atoms with Crippen molar-refractivity contribution in [1.29, 1.82) is 0 Å². The Hall–Kier alpha value is -0.880. The first kappa shape index (κ1) is 10.6. The van der Waals surface area contributed by atoms with Crippen LogP contribution in [-0.2, 0) is 0 Å². The maximum absolute atomic E-state index is 9.52. The van der Waals surface area contributed by atoms with Crippen molar-refractivity contribution in [2.75, 3.05) is 0 Å². The van der Waals surface area contributed by atoms with Gasteiger partial charge in [0.2, 0.25) is 0 Å². The van der Waals surface area contributed by atoms with Gasteiger partial charge in [-0.2, -0.15) is 4.98 Å². The number of phenols is 1. The van der Waals surface area contributed by atoms with Gasteiger partial charge in [-0.3, -0.25) is 0 Å². The van der Waals surface area contributed by atoms with Gasteiger partial charge in [0.05, 0.1) is 8.95 Å². The van der Waals surface area contributed by atoms with Crippen LogP contribution < -0.4 is 0 Å². The van der Waals surface area contributed by atoms with Gasteiger partial charge in [-0.1, -0.05) is 5.16 Å². The Morgan fingerprint density at radius 3 is 2.33 bits per heavy atom. The molecule has 6 heteroatoms. The van der Waals surface area contributed by atoms with E-state index in [0.717, 1.165) is 5.56 Å². The molecular formula is C9H6Br2N2O2. The maximum atomic E-state index is 9.52. The Morgan fingerprint density at radius 2 is 1.87 bits per heavy atom. The highest BCUT2D eigenvalue weighted by atomic mass is 79.9. The summed E-state index contributed by atoms with van der Waals surface area (Å²) in [5, 5.41) is 13.2. The number of aryl methyl sites for hydroxylation is 1. The minimum Gasteiger partial charge on any atom is -0.506 e. The van der Waals surface area contributed by atoms with Gasteiger partial charge in [-0.05, 0) is 50.9 Å². The van der Waals surface area contributed by atoms with Crippen LogP contribution in [0.1, 0.15) is 5.82 Å². The minimum absolute atomic E-state index is 0.148. The van der Waals surface area contributed by atoms with Gasteiger partial charge >= 0.3 is 0 Å². The second kappa shape index (κ2) is 3.94. The Bertz CT molecular complexity index is 488. The van der Waals surface area contributed by atoms with Gasteiger partial charge in [-0.15, -0.1) is 0 Å². The van der Waals surface area contributed by atoms with E-state index in [1.165, 1.54) is 0 Å². The van der Waals surface area contributed by atoms with Crippen LogP contribution in [0.2, 0.25) is 0 Å². The summed E-state index contributed by atoms with van der Waals surface area (Å²) in [7, 11) is 0. The van der Waals surface area contributed by atoms with Crippen LogP contribution in [0.5, 0.6) is 5.75 Å². The van der Waals surface area contributed by atoms with Crippen LogP contribution in [0.3, 0.4) is 0 Å². The molecule has 0 amide bonds. The van der Waals surface area contributed by atoms with Crippen molar-refractivity contribution in [1.82, 2.24) is 10.1 Å². The largest absolute Gasteiger partial charge is 0.506 e. The summed E-state index contributed by atoms with van der Waals surface area (Å²) >= 11 is 6.46. The quantitative estimate of drug-likeness (QED) is 0.870. The average Bonchev–Trinajstić information content (AvgIpc) is 2.60. The molecule has 0 fully saturated rings. The lowest BCUT2D eigenvalue weighted by Crippen LogP contribution is -1.80. The SMILES string of the molecule is Cc1noc(-c2cc(Br)c(O)c(Br)c2)n1. The van der Waals surface area contributed by atoms with Crippen molar-refractivity contribution < 1.29 is 9.63 Å². The molecule has 0 atom stereocenters. The molecule has 78 valence electrons. The van der Waals surface area contributed by atoms with Crippen LogP contribution in [0, 0.1) is 6.92 Å². The van der Waals surface area contributed by atoms with Gasteiger partial charge in [-0.25, -0.2) is 0 Å². The molecule has 0 bridgehead atoms. The molecule has 1 heterocycles. The molecule has 2 rings (SSSR count). The summed E-state index contributed by atoms with van der Waals surface area (Å²) in [6, 6.07) is 3.43. The topological polar surface area (TPSA) is 59.2 Å². The first-order valence-electron chi connectivity index (χ1n) is 4.06. The first-order valence-corrected chi connectivity index (χ1v) is 5.65. The summed E-state index contributed by atoms with van der Waals surface area (Å²) in [4.78, 5) is 4.09. The number of phenolic OH excluding ortho intramolecular Hbond substituents is 1. The molecule has 0 saturated carbocycles. The second-order valence-corrected chi connectivity index (χ2v) is 4.64. The summed E-state index contributed by atoms with van der Waals surface area (Å²) in [5.41, 5.74) is 0.743. The second-order valence-electron chi connectivity index (χ2n) is 2.94. The van der Waals surface area contributed by atoms with Gasteiger partial charge in [0.1, 0.15) is 5.75 Å². The van der Waals surface area contributed by atoms with Crippen LogP contribution >= 0.6 is 31.9 Å². The Labute approximate surface area is 103 Å². The van der Waals surface area contributed by atoms with Gasteiger partial charge < -0.3 is 9.63 Å². The number of benzene rings is 1. The highest BCUT2D eigenvalue weighted by molar-refractivity contribution is 9.11. The number of rotatable bonds is 1. The van der Waals surface area contributed by atoms with Gasteiger partial charge in [0.25, 0.3) is 5.89 Å². The highest BCUT2D eigenvalue weighted by Gasteiger charge is 2.11. The van der Waals surface area contributed by atoms with E-state index < -0.39 is 0 Å². The van der Waals surface area contributed by atoms with E-state index in [2.05, 4.69) is 42.0 Å². The molecule has 0 unspecified atom stereocenters. The van der Waals surface area contributed by atoms with Crippen molar-refractivity contribution in [3.8, 4) is 17.2 Å². The molecule has 1 N–H and O–H groups in total. The number of aromatic hydroxyl groups is 1. The average molecular weight is 334 g/mol. The van der Waals surface area contributed by atoms with Crippen LogP contribution in [0.15, 0.2) is 25.6 Å². The first-order chi connectivity index (χ1) is 7.08. The van der Waals surface area contributed by atoms with Crippen molar-refractivity contribution in [2.24, 2.45) is 0 Å². The number of hydrogen-bond donors (Lipinski definition) is 1. The Kier molecular flexibility index (Phi) is 2.79. The zero-order valence-corrected chi connectivity index (χ0v) is 10.8. The summed E-state index contributed by atoms with van der Waals surface area (Å²) in [6.07, 6.45) is 0. The fraction of sp³-hybridized carbons (Fsp3) is 0.111. The molecule has 0 radical (unpaired) electrons. The lowest BCUT2D eigenvalue weighted by Gasteiger charge is -2.01. The lowest BCUT2D eigenvalue weighted by molar-refractivity contribution is 0.425. The third-order valence-electron chi connectivity index (χ3n) is 1.79. The number of nitrogens with zero attached hydrogens (tertiary/aromatic N) is 2. The fourth-order valence-corrected chi connectivity index (χ4v) is 2.29. The molecular weight excluding hydrogens is 328 g/mol. The standard InChI is InChI=1S/C9H6Br2N2O2/c1-4-12-9(15-13-4)5-2-6(10)8(14)7(11)3-5/h2-3,14H,1H3. The van der Waals surface area contributed by atoms with E-state index in [1.54, 1.807) is 19.1 Å². The molecule has 4 nitrogen and oxygen atoms in total.